The van der Waals surface area contributed by atoms with Crippen molar-refractivity contribution in [3.05, 3.63) is 58.7 Å². The van der Waals surface area contributed by atoms with Crippen LogP contribution in [0.4, 0.5) is 27.8 Å². The average molecular weight is 514 g/mol. The van der Waals surface area contributed by atoms with Crippen molar-refractivity contribution in [1.82, 2.24) is 9.97 Å². The molecule has 3 aromatic rings. The van der Waals surface area contributed by atoms with Crippen molar-refractivity contribution in [3.8, 4) is 5.75 Å². The molecule has 0 saturated carbocycles. The third-order valence-corrected chi connectivity index (χ3v) is 5.67. The Balaban J connectivity index is 2.05. The molecule has 0 aliphatic heterocycles. The predicted molar refractivity (Wildman–Crippen MR) is 125 cm³/mol. The number of hydrogen-bond acceptors (Lipinski definition) is 6. The lowest BCUT2D eigenvalue weighted by atomic mass is 9.91. The molecule has 0 aliphatic rings. The number of alkyl halides is 4. The summed E-state index contributed by atoms with van der Waals surface area (Å²) in [7, 11) is 1.45. The maximum absolute atomic E-state index is 15.2. The van der Waals surface area contributed by atoms with E-state index in [4.69, 9.17) is 9.47 Å². The third kappa shape index (κ3) is 5.52. The van der Waals surface area contributed by atoms with Crippen molar-refractivity contribution in [3.63, 3.8) is 0 Å². The minimum Gasteiger partial charge on any atom is -0.491 e. The van der Waals surface area contributed by atoms with Crippen molar-refractivity contribution in [2.45, 2.75) is 51.7 Å². The number of halogens is 5. The molecule has 0 radical (unpaired) electrons. The zero-order valence-corrected chi connectivity index (χ0v) is 20.5. The Hall–Kier alpha value is -3.05. The summed E-state index contributed by atoms with van der Waals surface area (Å²) in [6, 6.07) is 5.21. The van der Waals surface area contributed by atoms with Gasteiger partial charge in [-0.2, -0.15) is 8.78 Å². The number of aliphatic hydroxyl groups is 1. The highest BCUT2D eigenvalue weighted by Crippen LogP contribution is 2.42. The molecule has 36 heavy (non-hydrogen) atoms. The molecule has 1 aromatic heterocycles. The first-order valence-electron chi connectivity index (χ1n) is 11.2. The summed E-state index contributed by atoms with van der Waals surface area (Å²) in [5.74, 6) is -4.68. The lowest BCUT2D eigenvalue weighted by Gasteiger charge is -2.30. The Labute approximate surface area is 205 Å². The summed E-state index contributed by atoms with van der Waals surface area (Å²) in [6.45, 7) is 5.11. The van der Waals surface area contributed by atoms with Crippen LogP contribution < -0.4 is 10.1 Å². The van der Waals surface area contributed by atoms with Crippen molar-refractivity contribution in [1.29, 1.82) is 0 Å². The molecule has 11 heteroatoms. The number of aryl methyl sites for hydroxylation is 1. The number of ether oxygens (including phenoxy) is 2. The monoisotopic (exact) mass is 513 g/mol. The Morgan fingerprint density at radius 3 is 2.39 bits per heavy atom. The molecule has 0 amide bonds. The summed E-state index contributed by atoms with van der Waals surface area (Å²) in [4.78, 5) is 8.54. The standard InChI is InChI=1S/C25H28F5N3O3/c1-13(15-7-6-8-18(21(15)26)25(29,30)24(3,4)34)31-23-16-12-20(36-10-9-35-5)17(22(27)28)11-19(16)32-14(2)33-23/h6-8,11-13,22,34H,9-10H2,1-5H3,(H,31,32,33)/t13-/m1/s1. The lowest BCUT2D eigenvalue weighted by molar-refractivity contribution is -0.170. The highest BCUT2D eigenvalue weighted by atomic mass is 19.3. The molecule has 0 unspecified atom stereocenters. The van der Waals surface area contributed by atoms with Gasteiger partial charge in [0.05, 0.1) is 29.3 Å². The second-order valence-electron chi connectivity index (χ2n) is 8.88. The highest BCUT2D eigenvalue weighted by Gasteiger charge is 2.49. The summed E-state index contributed by atoms with van der Waals surface area (Å²) >= 11 is 0. The molecular weight excluding hydrogens is 485 g/mol. The minimum absolute atomic E-state index is 0.0288. The molecule has 6 nitrogen and oxygen atoms in total. The molecule has 2 aromatic carbocycles. The number of hydrogen-bond donors (Lipinski definition) is 2. The van der Waals surface area contributed by atoms with E-state index < -0.39 is 35.4 Å². The average Bonchev–Trinajstić information content (AvgIpc) is 2.78. The number of nitrogens with zero attached hydrogens (tertiary/aromatic N) is 2. The summed E-state index contributed by atoms with van der Waals surface area (Å²) in [6.07, 6.45) is -2.83. The maximum atomic E-state index is 15.2. The van der Waals surface area contributed by atoms with Crippen LogP contribution in [0.2, 0.25) is 0 Å². The van der Waals surface area contributed by atoms with E-state index in [-0.39, 0.29) is 47.2 Å². The molecule has 196 valence electrons. The van der Waals surface area contributed by atoms with Gasteiger partial charge < -0.3 is 19.9 Å². The van der Waals surface area contributed by atoms with Gasteiger partial charge in [-0.05, 0) is 45.9 Å². The topological polar surface area (TPSA) is 76.5 Å². The SMILES string of the molecule is COCCOc1cc2c(N[C@H](C)c3cccc(C(F)(F)C(C)(C)O)c3F)nc(C)nc2cc1C(F)F. The highest BCUT2D eigenvalue weighted by molar-refractivity contribution is 5.91. The van der Waals surface area contributed by atoms with E-state index >= 15 is 4.39 Å². The number of rotatable bonds is 10. The smallest absolute Gasteiger partial charge is 0.303 e. The van der Waals surface area contributed by atoms with E-state index in [0.29, 0.717) is 5.39 Å². The fourth-order valence-corrected chi connectivity index (χ4v) is 3.67. The van der Waals surface area contributed by atoms with Gasteiger partial charge in [0.2, 0.25) is 0 Å². The number of methoxy groups -OCH3 is 1. The van der Waals surface area contributed by atoms with Crippen molar-refractivity contribution < 1.29 is 36.5 Å². The Morgan fingerprint density at radius 2 is 1.78 bits per heavy atom. The molecule has 0 saturated heterocycles. The van der Waals surface area contributed by atoms with E-state index in [0.717, 1.165) is 19.9 Å². The van der Waals surface area contributed by atoms with E-state index in [1.807, 2.05) is 0 Å². The summed E-state index contributed by atoms with van der Waals surface area (Å²) in [5, 5.41) is 13.2. The second-order valence-corrected chi connectivity index (χ2v) is 8.88. The van der Waals surface area contributed by atoms with Crippen LogP contribution in [0.25, 0.3) is 10.9 Å². The zero-order chi connectivity index (χ0) is 26.8. The second kappa shape index (κ2) is 10.5. The first-order valence-corrected chi connectivity index (χ1v) is 11.2. The maximum Gasteiger partial charge on any atom is 0.303 e. The molecule has 3 rings (SSSR count). The van der Waals surface area contributed by atoms with Gasteiger partial charge in [-0.3, -0.25) is 0 Å². The van der Waals surface area contributed by atoms with Gasteiger partial charge in [0, 0.05) is 18.1 Å². The first-order chi connectivity index (χ1) is 16.8. The first kappa shape index (κ1) is 27.5. The zero-order valence-electron chi connectivity index (χ0n) is 20.5. The Bertz CT molecular complexity index is 1230. The normalized spacial score (nSPS) is 13.3. The van der Waals surface area contributed by atoms with Crippen molar-refractivity contribution in [2.24, 2.45) is 0 Å². The molecule has 0 fully saturated rings. The van der Waals surface area contributed by atoms with Crippen molar-refractivity contribution >= 4 is 16.7 Å². The molecule has 0 spiro atoms. The third-order valence-electron chi connectivity index (χ3n) is 5.67. The van der Waals surface area contributed by atoms with Gasteiger partial charge in [-0.15, -0.1) is 0 Å². The van der Waals surface area contributed by atoms with Crippen molar-refractivity contribution in [2.75, 3.05) is 25.6 Å². The van der Waals surface area contributed by atoms with E-state index in [1.54, 1.807) is 6.92 Å². The van der Waals surface area contributed by atoms with E-state index in [2.05, 4.69) is 15.3 Å². The van der Waals surface area contributed by atoms with Gasteiger partial charge in [0.15, 0.2) is 0 Å². The largest absolute Gasteiger partial charge is 0.491 e. The number of benzene rings is 2. The number of anilines is 1. The number of nitrogens with one attached hydrogen (secondary N) is 1. The van der Waals surface area contributed by atoms with Crippen LogP contribution in [-0.4, -0.2) is 41.0 Å². The van der Waals surface area contributed by atoms with E-state index in [1.165, 1.54) is 38.3 Å². The van der Waals surface area contributed by atoms with Gasteiger partial charge in [0.25, 0.3) is 6.43 Å². The van der Waals surface area contributed by atoms with Gasteiger partial charge in [-0.1, -0.05) is 12.1 Å². The molecule has 1 atom stereocenters. The molecular formula is C25H28F5N3O3. The molecule has 0 aliphatic carbocycles. The molecule has 1 heterocycles. The van der Waals surface area contributed by atoms with Gasteiger partial charge >= 0.3 is 5.92 Å². The van der Waals surface area contributed by atoms with Gasteiger partial charge in [0.1, 0.15) is 35.4 Å². The molecule has 2 N–H and O–H groups in total. The quantitative estimate of drug-likeness (QED) is 0.253. The number of fused-ring (bicyclic) bond motifs is 1. The predicted octanol–water partition coefficient (Wildman–Crippen LogP) is 6.08. The van der Waals surface area contributed by atoms with Crippen LogP contribution in [0.1, 0.15) is 55.8 Å². The van der Waals surface area contributed by atoms with Crippen LogP contribution in [0, 0.1) is 12.7 Å². The molecule has 0 bridgehead atoms. The van der Waals surface area contributed by atoms with E-state index in [9.17, 15) is 22.7 Å². The van der Waals surface area contributed by atoms with Crippen LogP contribution >= 0.6 is 0 Å². The summed E-state index contributed by atoms with van der Waals surface area (Å²) in [5.41, 5.74) is -3.69. The summed E-state index contributed by atoms with van der Waals surface area (Å²) < 4.78 is 82.4. The lowest BCUT2D eigenvalue weighted by Crippen LogP contribution is -2.41. The minimum atomic E-state index is -3.86. The van der Waals surface area contributed by atoms with Crippen LogP contribution in [-0.2, 0) is 10.7 Å². The Kier molecular flexibility index (Phi) is 8.04. The van der Waals surface area contributed by atoms with Crippen LogP contribution in [0.3, 0.4) is 0 Å². The van der Waals surface area contributed by atoms with Crippen LogP contribution in [0.15, 0.2) is 30.3 Å². The van der Waals surface area contributed by atoms with Gasteiger partial charge in [-0.25, -0.2) is 23.1 Å². The Morgan fingerprint density at radius 1 is 1.08 bits per heavy atom. The fraction of sp³-hybridized carbons (Fsp3) is 0.440. The fourth-order valence-electron chi connectivity index (χ4n) is 3.67. The van der Waals surface area contributed by atoms with Crippen LogP contribution in [0.5, 0.6) is 5.75 Å². The number of aromatic nitrogens is 2.